The average Bonchev–Trinajstić information content (AvgIpc) is 2.86. The van der Waals surface area contributed by atoms with Crippen LogP contribution in [0.5, 0.6) is 5.75 Å². The Morgan fingerprint density at radius 2 is 1.88 bits per heavy atom. The Kier molecular flexibility index (Phi) is 2.36. The summed E-state index contributed by atoms with van der Waals surface area (Å²) in [4.78, 5) is 0. The minimum Gasteiger partial charge on any atom is -0.507 e. The van der Waals surface area contributed by atoms with Gasteiger partial charge in [-0.25, -0.2) is 0 Å². The molecule has 0 amide bonds. The Hall–Kier alpha value is -0.940. The van der Waals surface area contributed by atoms with Crippen LogP contribution in [0.25, 0.3) is 0 Å². The van der Waals surface area contributed by atoms with Crippen molar-refractivity contribution in [1.29, 1.82) is 0 Å². The molecule has 0 heterocycles. The van der Waals surface area contributed by atoms with Gasteiger partial charge in [-0.05, 0) is 25.0 Å². The first-order chi connectivity index (χ1) is 7.24. The lowest BCUT2D eigenvalue weighted by atomic mass is 10.0. The highest BCUT2D eigenvalue weighted by atomic mass is 35.5. The zero-order valence-electron chi connectivity index (χ0n) is 8.11. The van der Waals surface area contributed by atoms with Crippen molar-refractivity contribution in [1.82, 2.24) is 0 Å². The normalized spacial score (nSPS) is 18.6. The Bertz CT molecular complexity index is 414. The number of halogens is 4. The topological polar surface area (TPSA) is 46.2 Å². The van der Waals surface area contributed by atoms with E-state index in [4.69, 9.17) is 17.3 Å². The van der Waals surface area contributed by atoms with E-state index in [1.54, 1.807) is 0 Å². The van der Waals surface area contributed by atoms with Gasteiger partial charge in [0.05, 0.1) is 5.56 Å². The third-order valence-electron chi connectivity index (χ3n) is 2.71. The fraction of sp³-hybridized carbons (Fsp3) is 0.400. The first-order valence-corrected chi connectivity index (χ1v) is 5.01. The molecule has 1 aromatic rings. The van der Waals surface area contributed by atoms with Gasteiger partial charge in [0.2, 0.25) is 0 Å². The van der Waals surface area contributed by atoms with Gasteiger partial charge >= 0.3 is 6.18 Å². The molecule has 1 fully saturated rings. The summed E-state index contributed by atoms with van der Waals surface area (Å²) in [7, 11) is 0. The number of aromatic hydroxyl groups is 1. The molecule has 88 valence electrons. The van der Waals surface area contributed by atoms with Crippen molar-refractivity contribution in [3.05, 3.63) is 28.3 Å². The lowest BCUT2D eigenvalue weighted by Gasteiger charge is -2.16. The predicted molar refractivity (Wildman–Crippen MR) is 53.2 cm³/mol. The van der Waals surface area contributed by atoms with Crippen molar-refractivity contribution in [3.8, 4) is 5.75 Å². The van der Waals surface area contributed by atoms with E-state index in [-0.39, 0.29) is 10.6 Å². The van der Waals surface area contributed by atoms with Gasteiger partial charge < -0.3 is 10.8 Å². The van der Waals surface area contributed by atoms with Gasteiger partial charge in [0.1, 0.15) is 5.75 Å². The monoisotopic (exact) mass is 251 g/mol. The van der Waals surface area contributed by atoms with E-state index in [1.807, 2.05) is 0 Å². The highest BCUT2D eigenvalue weighted by molar-refractivity contribution is 6.30. The van der Waals surface area contributed by atoms with E-state index in [9.17, 15) is 18.3 Å². The van der Waals surface area contributed by atoms with Gasteiger partial charge in [-0.1, -0.05) is 11.6 Å². The molecule has 2 nitrogen and oxygen atoms in total. The van der Waals surface area contributed by atoms with Gasteiger partial charge in [-0.2, -0.15) is 13.2 Å². The molecular formula is C10H9ClF3NO. The summed E-state index contributed by atoms with van der Waals surface area (Å²) in [5, 5.41) is 9.49. The van der Waals surface area contributed by atoms with Crippen LogP contribution in [0.15, 0.2) is 12.1 Å². The van der Waals surface area contributed by atoms with Gasteiger partial charge in [0.25, 0.3) is 0 Å². The zero-order chi connectivity index (χ0) is 12.1. The summed E-state index contributed by atoms with van der Waals surface area (Å²) in [5.74, 6) is -0.808. The number of nitrogens with two attached hydrogens (primary N) is 1. The van der Waals surface area contributed by atoms with Crippen LogP contribution < -0.4 is 5.73 Å². The molecule has 16 heavy (non-hydrogen) atoms. The summed E-state index contributed by atoms with van der Waals surface area (Å²) in [6.07, 6.45) is -3.52. The van der Waals surface area contributed by atoms with Gasteiger partial charge in [0.15, 0.2) is 0 Å². The van der Waals surface area contributed by atoms with E-state index in [0.29, 0.717) is 18.9 Å². The molecule has 2 rings (SSSR count). The summed E-state index contributed by atoms with van der Waals surface area (Å²) < 4.78 is 37.7. The second-order valence-corrected chi connectivity index (χ2v) is 4.44. The molecule has 1 saturated carbocycles. The Morgan fingerprint density at radius 3 is 2.31 bits per heavy atom. The zero-order valence-corrected chi connectivity index (χ0v) is 8.86. The summed E-state index contributed by atoms with van der Waals surface area (Å²) >= 11 is 5.60. The second-order valence-electron chi connectivity index (χ2n) is 4.00. The Labute approximate surface area is 94.8 Å². The first-order valence-electron chi connectivity index (χ1n) is 4.63. The fourth-order valence-corrected chi connectivity index (χ4v) is 1.82. The smallest absolute Gasteiger partial charge is 0.420 e. The minimum absolute atomic E-state index is 0.0724. The predicted octanol–water partition coefficient (Wildman–Crippen LogP) is 3.01. The summed E-state index contributed by atoms with van der Waals surface area (Å²) in [5.41, 5.74) is 3.86. The molecule has 0 bridgehead atoms. The molecule has 0 spiro atoms. The molecule has 0 aliphatic heterocycles. The number of phenols is 1. The van der Waals surface area contributed by atoms with Crippen LogP contribution in [-0.2, 0) is 11.7 Å². The molecular weight excluding hydrogens is 243 g/mol. The third kappa shape index (κ3) is 1.85. The number of phenolic OH excluding ortho intramolecular Hbond substituents is 1. The number of alkyl halides is 3. The van der Waals surface area contributed by atoms with Crippen LogP contribution in [0, 0.1) is 0 Å². The van der Waals surface area contributed by atoms with Crippen molar-refractivity contribution in [3.63, 3.8) is 0 Å². The van der Waals surface area contributed by atoms with E-state index < -0.39 is 23.0 Å². The molecule has 1 aliphatic carbocycles. The molecule has 3 N–H and O–H groups in total. The molecule has 0 atom stereocenters. The highest BCUT2D eigenvalue weighted by Gasteiger charge is 2.45. The Morgan fingerprint density at radius 1 is 1.31 bits per heavy atom. The van der Waals surface area contributed by atoms with Gasteiger partial charge in [-0.15, -0.1) is 0 Å². The quantitative estimate of drug-likeness (QED) is 0.806. The van der Waals surface area contributed by atoms with Gasteiger partial charge in [-0.3, -0.25) is 0 Å². The van der Waals surface area contributed by atoms with Crippen LogP contribution in [0.1, 0.15) is 24.0 Å². The minimum atomic E-state index is -4.63. The van der Waals surface area contributed by atoms with E-state index in [0.717, 1.165) is 0 Å². The number of rotatable bonds is 1. The van der Waals surface area contributed by atoms with E-state index in [2.05, 4.69) is 0 Å². The van der Waals surface area contributed by atoms with Crippen molar-refractivity contribution < 1.29 is 18.3 Å². The largest absolute Gasteiger partial charge is 0.507 e. The molecule has 0 unspecified atom stereocenters. The van der Waals surface area contributed by atoms with Crippen molar-refractivity contribution in [2.24, 2.45) is 5.73 Å². The third-order valence-corrected chi connectivity index (χ3v) is 2.92. The van der Waals surface area contributed by atoms with Crippen LogP contribution in [0.3, 0.4) is 0 Å². The van der Waals surface area contributed by atoms with Crippen LogP contribution >= 0.6 is 11.6 Å². The molecule has 1 aromatic carbocycles. The van der Waals surface area contributed by atoms with E-state index in [1.165, 1.54) is 6.07 Å². The highest BCUT2D eigenvalue weighted by Crippen LogP contribution is 2.50. The fourth-order valence-electron chi connectivity index (χ4n) is 1.60. The SMILES string of the molecule is NC1(c2cc(Cl)cc(C(F)(F)F)c2O)CC1. The second kappa shape index (κ2) is 3.28. The molecule has 0 radical (unpaired) electrons. The van der Waals surface area contributed by atoms with Crippen molar-refractivity contribution in [2.45, 2.75) is 24.6 Å². The lowest BCUT2D eigenvalue weighted by molar-refractivity contribution is -0.138. The van der Waals surface area contributed by atoms with Crippen LogP contribution in [0.4, 0.5) is 13.2 Å². The lowest BCUT2D eigenvalue weighted by Crippen LogP contribution is -2.20. The average molecular weight is 252 g/mol. The van der Waals surface area contributed by atoms with Gasteiger partial charge in [0, 0.05) is 16.1 Å². The molecule has 1 aliphatic rings. The number of hydrogen-bond donors (Lipinski definition) is 2. The molecule has 0 aromatic heterocycles. The standard InChI is InChI=1S/C10H9ClF3NO/c11-5-3-6(9(15)1-2-9)8(16)7(4-5)10(12,13)14/h3-4,16H,1-2,15H2. The first kappa shape index (κ1) is 11.5. The maximum absolute atomic E-state index is 12.6. The number of benzene rings is 1. The van der Waals surface area contributed by atoms with Crippen LogP contribution in [-0.4, -0.2) is 5.11 Å². The van der Waals surface area contributed by atoms with Crippen molar-refractivity contribution >= 4 is 11.6 Å². The van der Waals surface area contributed by atoms with Crippen LogP contribution in [0.2, 0.25) is 5.02 Å². The maximum atomic E-state index is 12.6. The van der Waals surface area contributed by atoms with E-state index >= 15 is 0 Å². The Balaban J connectivity index is 2.60. The molecule has 6 heteroatoms. The maximum Gasteiger partial charge on any atom is 0.420 e. The number of hydrogen-bond acceptors (Lipinski definition) is 2. The molecule has 0 saturated heterocycles. The van der Waals surface area contributed by atoms with Crippen molar-refractivity contribution in [2.75, 3.05) is 0 Å². The summed E-state index contributed by atoms with van der Waals surface area (Å²) in [6.45, 7) is 0. The summed E-state index contributed by atoms with van der Waals surface area (Å²) in [6, 6.07) is 1.99.